The van der Waals surface area contributed by atoms with Crippen molar-refractivity contribution in [3.05, 3.63) is 44.9 Å². The van der Waals surface area contributed by atoms with E-state index < -0.39 is 0 Å². The maximum absolute atomic E-state index is 12.5. The van der Waals surface area contributed by atoms with Gasteiger partial charge >= 0.3 is 0 Å². The van der Waals surface area contributed by atoms with Crippen molar-refractivity contribution in [3.8, 4) is 0 Å². The molecule has 1 aromatic heterocycles. The number of carbonyl (C=O) groups excluding carboxylic acids is 2. The molecule has 2 amide bonds. The van der Waals surface area contributed by atoms with E-state index in [4.69, 9.17) is 23.2 Å². The molecule has 1 fully saturated rings. The Bertz CT molecular complexity index is 786. The topological polar surface area (TPSA) is 62.3 Å². The molecule has 3 rings (SSSR count). The summed E-state index contributed by atoms with van der Waals surface area (Å²) in [5, 5.41) is 5.45. The number of aromatic nitrogens is 1. The van der Waals surface area contributed by atoms with Gasteiger partial charge in [-0.3, -0.25) is 14.9 Å². The number of rotatable bonds is 3. The first-order valence-electron chi connectivity index (χ1n) is 8.06. The molecule has 0 saturated carbocycles. The first-order valence-corrected chi connectivity index (χ1v) is 9.69. The molecule has 1 aromatic carbocycles. The van der Waals surface area contributed by atoms with Gasteiger partial charge in [-0.15, -0.1) is 11.3 Å². The summed E-state index contributed by atoms with van der Waals surface area (Å²) in [4.78, 5) is 30.9. The fraction of sp³-hybridized carbons (Fsp3) is 0.353. The number of carbonyl (C=O) groups is 2. The van der Waals surface area contributed by atoms with Crippen molar-refractivity contribution in [2.24, 2.45) is 0 Å². The lowest BCUT2D eigenvalue weighted by Crippen LogP contribution is -2.32. The van der Waals surface area contributed by atoms with Crippen LogP contribution in [0.5, 0.6) is 0 Å². The molecule has 1 aliphatic rings. The van der Waals surface area contributed by atoms with E-state index in [1.54, 1.807) is 17.5 Å². The van der Waals surface area contributed by atoms with Gasteiger partial charge in [0.15, 0.2) is 5.13 Å². The predicted molar refractivity (Wildman–Crippen MR) is 101 cm³/mol. The minimum atomic E-state index is -0.384. The Hall–Kier alpha value is -1.63. The first-order chi connectivity index (χ1) is 12.0. The molecule has 1 saturated heterocycles. The average molecular weight is 398 g/mol. The molecule has 1 aliphatic heterocycles. The molecule has 5 nitrogen and oxygen atoms in total. The minimum absolute atomic E-state index is 0.0804. The molecular formula is C17H17Cl2N3O2S. The highest BCUT2D eigenvalue weighted by molar-refractivity contribution is 7.14. The smallest absolute Gasteiger partial charge is 0.273 e. The third kappa shape index (κ3) is 4.51. The summed E-state index contributed by atoms with van der Waals surface area (Å²) in [6, 6.07) is 4.66. The molecule has 1 N–H and O–H groups in total. The third-order valence-electron chi connectivity index (χ3n) is 4.01. The standard InChI is InChI=1S/C17H17Cl2N3O2S/c18-11-5-6-12(13(19)9-11)15(23)21-17-20-14(10-25-17)16(24)22-7-3-1-2-4-8-22/h5-6,9-10H,1-4,7-8H2,(H,20,21,23). The van der Waals surface area contributed by atoms with Crippen molar-refractivity contribution in [2.75, 3.05) is 18.4 Å². The number of nitrogens with zero attached hydrogens (tertiary/aromatic N) is 2. The first kappa shape index (κ1) is 18.2. The van der Waals surface area contributed by atoms with Crippen LogP contribution in [0.3, 0.4) is 0 Å². The lowest BCUT2D eigenvalue weighted by molar-refractivity contribution is 0.0756. The molecule has 132 valence electrons. The van der Waals surface area contributed by atoms with Gasteiger partial charge in [0.2, 0.25) is 0 Å². The summed E-state index contributed by atoms with van der Waals surface area (Å²) in [6.45, 7) is 1.52. The quantitative estimate of drug-likeness (QED) is 0.814. The van der Waals surface area contributed by atoms with E-state index in [9.17, 15) is 9.59 Å². The number of benzene rings is 1. The number of hydrogen-bond acceptors (Lipinski definition) is 4. The third-order valence-corrected chi connectivity index (χ3v) is 5.32. The minimum Gasteiger partial charge on any atom is -0.337 e. The Labute approximate surface area is 160 Å². The summed E-state index contributed by atoms with van der Waals surface area (Å²) in [6.07, 6.45) is 4.36. The predicted octanol–water partition coefficient (Wildman–Crippen LogP) is 4.72. The van der Waals surface area contributed by atoms with Crippen LogP contribution < -0.4 is 5.32 Å². The van der Waals surface area contributed by atoms with Gasteiger partial charge in [-0.1, -0.05) is 36.0 Å². The van der Waals surface area contributed by atoms with Gasteiger partial charge in [-0.05, 0) is 31.0 Å². The van der Waals surface area contributed by atoms with Crippen LogP contribution in [0.2, 0.25) is 10.0 Å². The molecule has 2 heterocycles. The zero-order valence-electron chi connectivity index (χ0n) is 13.4. The maximum Gasteiger partial charge on any atom is 0.273 e. The Balaban J connectivity index is 1.68. The molecule has 0 aliphatic carbocycles. The van der Waals surface area contributed by atoms with E-state index in [0.717, 1.165) is 38.8 Å². The van der Waals surface area contributed by atoms with E-state index in [2.05, 4.69) is 10.3 Å². The van der Waals surface area contributed by atoms with E-state index in [-0.39, 0.29) is 16.8 Å². The SMILES string of the molecule is O=C(Nc1nc(C(=O)N2CCCCCC2)cs1)c1ccc(Cl)cc1Cl. The van der Waals surface area contributed by atoms with Crippen molar-refractivity contribution in [1.82, 2.24) is 9.88 Å². The Morgan fingerprint density at radius 2 is 1.84 bits per heavy atom. The van der Waals surface area contributed by atoms with E-state index in [0.29, 0.717) is 21.4 Å². The summed E-state index contributed by atoms with van der Waals surface area (Å²) in [5.41, 5.74) is 0.672. The molecule has 2 aromatic rings. The van der Waals surface area contributed by atoms with Gasteiger partial charge in [0.25, 0.3) is 11.8 Å². The highest BCUT2D eigenvalue weighted by Gasteiger charge is 2.20. The van der Waals surface area contributed by atoms with Crippen LogP contribution in [-0.4, -0.2) is 34.8 Å². The molecule has 25 heavy (non-hydrogen) atoms. The summed E-state index contributed by atoms with van der Waals surface area (Å²) >= 11 is 13.1. The van der Waals surface area contributed by atoms with Crippen molar-refractivity contribution in [1.29, 1.82) is 0 Å². The van der Waals surface area contributed by atoms with E-state index >= 15 is 0 Å². The number of likely N-dealkylation sites (tertiary alicyclic amines) is 1. The second-order valence-corrected chi connectivity index (χ2v) is 7.52. The van der Waals surface area contributed by atoms with Crippen LogP contribution in [0.4, 0.5) is 5.13 Å². The summed E-state index contributed by atoms with van der Waals surface area (Å²) in [5.74, 6) is -0.465. The zero-order chi connectivity index (χ0) is 17.8. The molecule has 0 bridgehead atoms. The van der Waals surface area contributed by atoms with Crippen molar-refractivity contribution >= 4 is 51.5 Å². The summed E-state index contributed by atoms with van der Waals surface area (Å²) < 4.78 is 0. The van der Waals surface area contributed by atoms with Gasteiger partial charge in [-0.2, -0.15) is 0 Å². The fourth-order valence-electron chi connectivity index (χ4n) is 2.70. The van der Waals surface area contributed by atoms with Crippen LogP contribution >= 0.6 is 34.5 Å². The monoisotopic (exact) mass is 397 g/mol. The number of hydrogen-bond donors (Lipinski definition) is 1. The Kier molecular flexibility index (Phi) is 5.93. The van der Waals surface area contributed by atoms with Crippen LogP contribution in [0.1, 0.15) is 46.5 Å². The van der Waals surface area contributed by atoms with Gasteiger partial charge in [-0.25, -0.2) is 4.98 Å². The van der Waals surface area contributed by atoms with Gasteiger partial charge in [0.1, 0.15) is 5.69 Å². The molecule has 0 atom stereocenters. The van der Waals surface area contributed by atoms with Crippen LogP contribution in [0.25, 0.3) is 0 Å². The average Bonchev–Trinajstić information content (AvgIpc) is 2.87. The van der Waals surface area contributed by atoms with Crippen LogP contribution in [0, 0.1) is 0 Å². The maximum atomic E-state index is 12.5. The zero-order valence-corrected chi connectivity index (χ0v) is 15.8. The fourth-order valence-corrected chi connectivity index (χ4v) is 3.88. The highest BCUT2D eigenvalue weighted by Crippen LogP contribution is 2.24. The van der Waals surface area contributed by atoms with Gasteiger partial charge in [0, 0.05) is 23.5 Å². The van der Waals surface area contributed by atoms with Crippen LogP contribution in [0.15, 0.2) is 23.6 Å². The molecule has 0 spiro atoms. The lowest BCUT2D eigenvalue weighted by atomic mass is 10.2. The van der Waals surface area contributed by atoms with Gasteiger partial charge in [0.05, 0.1) is 10.6 Å². The van der Waals surface area contributed by atoms with Crippen molar-refractivity contribution in [2.45, 2.75) is 25.7 Å². The van der Waals surface area contributed by atoms with Crippen molar-refractivity contribution in [3.63, 3.8) is 0 Å². The second-order valence-electron chi connectivity index (χ2n) is 5.82. The number of anilines is 1. The van der Waals surface area contributed by atoms with E-state index in [1.165, 1.54) is 17.4 Å². The second kappa shape index (κ2) is 8.17. The number of nitrogens with one attached hydrogen (secondary N) is 1. The number of thiazole rings is 1. The largest absolute Gasteiger partial charge is 0.337 e. The lowest BCUT2D eigenvalue weighted by Gasteiger charge is -2.18. The number of amides is 2. The molecule has 0 radical (unpaired) electrons. The van der Waals surface area contributed by atoms with E-state index in [1.807, 2.05) is 4.90 Å². The number of halogens is 2. The van der Waals surface area contributed by atoms with Crippen molar-refractivity contribution < 1.29 is 9.59 Å². The normalized spacial score (nSPS) is 14.9. The molecule has 0 unspecified atom stereocenters. The van der Waals surface area contributed by atoms with Gasteiger partial charge < -0.3 is 4.90 Å². The summed E-state index contributed by atoms with van der Waals surface area (Å²) in [7, 11) is 0. The Morgan fingerprint density at radius 1 is 1.12 bits per heavy atom. The Morgan fingerprint density at radius 3 is 2.52 bits per heavy atom. The van der Waals surface area contributed by atoms with Crippen LogP contribution in [-0.2, 0) is 0 Å². The molecular weight excluding hydrogens is 381 g/mol. The molecule has 8 heteroatoms. The highest BCUT2D eigenvalue weighted by atomic mass is 35.5.